The van der Waals surface area contributed by atoms with Crippen LogP contribution in [0.2, 0.25) is 0 Å². The third-order valence-corrected chi connectivity index (χ3v) is 4.94. The molecular weight excluding hydrogens is 266 g/mol. The molecule has 2 saturated heterocycles. The Balaban J connectivity index is 1.72. The third-order valence-electron chi connectivity index (χ3n) is 4.94. The largest absolute Gasteiger partial charge is 0.361 e. The Morgan fingerprint density at radius 1 is 1.33 bits per heavy atom. The predicted molar refractivity (Wildman–Crippen MR) is 80.1 cm³/mol. The predicted octanol–water partition coefficient (Wildman–Crippen LogP) is 1.97. The summed E-state index contributed by atoms with van der Waals surface area (Å²) in [6.45, 7) is 5.78. The molecule has 1 aromatic rings. The molecule has 3 heterocycles. The van der Waals surface area contributed by atoms with Crippen molar-refractivity contribution >= 4 is 5.91 Å². The minimum absolute atomic E-state index is 0.225. The van der Waals surface area contributed by atoms with Gasteiger partial charge >= 0.3 is 0 Å². The Labute approximate surface area is 126 Å². The molecule has 2 fully saturated rings. The van der Waals surface area contributed by atoms with Gasteiger partial charge in [0, 0.05) is 24.2 Å². The molecule has 0 saturated carbocycles. The molecule has 2 unspecified atom stereocenters. The number of carbonyl (C=O) groups excluding carboxylic acids is 1. The maximum absolute atomic E-state index is 12.8. The maximum atomic E-state index is 12.8. The van der Waals surface area contributed by atoms with Crippen LogP contribution in [-0.4, -0.2) is 41.1 Å². The van der Waals surface area contributed by atoms with E-state index in [-0.39, 0.29) is 5.91 Å². The van der Waals surface area contributed by atoms with E-state index < -0.39 is 0 Å². The van der Waals surface area contributed by atoms with E-state index in [1.807, 2.05) is 13.8 Å². The van der Waals surface area contributed by atoms with E-state index in [0.29, 0.717) is 18.5 Å². The molecule has 21 heavy (non-hydrogen) atoms. The topological polar surface area (TPSA) is 58.4 Å². The van der Waals surface area contributed by atoms with Crippen molar-refractivity contribution in [1.29, 1.82) is 0 Å². The summed E-state index contributed by atoms with van der Waals surface area (Å²) in [5, 5.41) is 7.52. The first kappa shape index (κ1) is 14.6. The van der Waals surface area contributed by atoms with Crippen molar-refractivity contribution in [3.05, 3.63) is 17.0 Å². The first-order chi connectivity index (χ1) is 10.2. The van der Waals surface area contributed by atoms with Crippen LogP contribution in [-0.2, 0) is 11.2 Å². The molecule has 3 rings (SSSR count). The van der Waals surface area contributed by atoms with Crippen LogP contribution in [0.1, 0.15) is 49.1 Å². The highest BCUT2D eigenvalue weighted by Gasteiger charge is 2.34. The van der Waals surface area contributed by atoms with Gasteiger partial charge in [0.1, 0.15) is 5.76 Å². The lowest BCUT2D eigenvalue weighted by atomic mass is 9.93. The van der Waals surface area contributed by atoms with Crippen LogP contribution in [0.5, 0.6) is 0 Å². The van der Waals surface area contributed by atoms with Gasteiger partial charge in [-0.05, 0) is 52.5 Å². The van der Waals surface area contributed by atoms with E-state index in [0.717, 1.165) is 42.9 Å². The first-order valence-electron chi connectivity index (χ1n) is 8.11. The van der Waals surface area contributed by atoms with Crippen molar-refractivity contribution in [3.8, 4) is 0 Å². The molecule has 0 bridgehead atoms. The summed E-state index contributed by atoms with van der Waals surface area (Å²) in [5.74, 6) is 0.996. The molecule has 2 atom stereocenters. The fourth-order valence-corrected chi connectivity index (χ4v) is 3.73. The van der Waals surface area contributed by atoms with Gasteiger partial charge in [-0.3, -0.25) is 4.79 Å². The lowest BCUT2D eigenvalue weighted by molar-refractivity contribution is -0.134. The van der Waals surface area contributed by atoms with Crippen LogP contribution in [0.4, 0.5) is 0 Å². The lowest BCUT2D eigenvalue weighted by Gasteiger charge is -2.39. The zero-order valence-electron chi connectivity index (χ0n) is 13.0. The van der Waals surface area contributed by atoms with Gasteiger partial charge in [0.2, 0.25) is 5.91 Å². The first-order valence-corrected chi connectivity index (χ1v) is 8.11. The highest BCUT2D eigenvalue weighted by atomic mass is 16.5. The van der Waals surface area contributed by atoms with Crippen LogP contribution in [0.3, 0.4) is 0 Å². The third kappa shape index (κ3) is 2.98. The second-order valence-electron chi connectivity index (χ2n) is 6.33. The summed E-state index contributed by atoms with van der Waals surface area (Å²) < 4.78 is 5.18. The number of aryl methyl sites for hydroxylation is 2. The van der Waals surface area contributed by atoms with E-state index in [1.54, 1.807) is 0 Å². The summed E-state index contributed by atoms with van der Waals surface area (Å²) >= 11 is 0. The van der Waals surface area contributed by atoms with Crippen molar-refractivity contribution in [2.75, 3.05) is 13.1 Å². The Morgan fingerprint density at radius 2 is 2.19 bits per heavy atom. The van der Waals surface area contributed by atoms with Crippen LogP contribution < -0.4 is 5.32 Å². The maximum Gasteiger partial charge on any atom is 0.227 e. The SMILES string of the molecule is Cc1noc(C)c1CC(=O)N1CCCCC1C1CCCN1. The molecule has 1 N–H and O–H groups in total. The number of hydrogen-bond donors (Lipinski definition) is 1. The molecule has 0 radical (unpaired) electrons. The molecule has 0 aromatic carbocycles. The fourth-order valence-electron chi connectivity index (χ4n) is 3.73. The van der Waals surface area contributed by atoms with E-state index in [1.165, 1.54) is 19.3 Å². The van der Waals surface area contributed by atoms with Gasteiger partial charge in [-0.25, -0.2) is 0 Å². The molecule has 5 heteroatoms. The number of amides is 1. The smallest absolute Gasteiger partial charge is 0.227 e. The van der Waals surface area contributed by atoms with E-state index in [2.05, 4.69) is 15.4 Å². The average Bonchev–Trinajstić information content (AvgIpc) is 3.13. The number of aromatic nitrogens is 1. The number of rotatable bonds is 3. The summed E-state index contributed by atoms with van der Waals surface area (Å²) in [4.78, 5) is 14.9. The number of hydrogen-bond acceptors (Lipinski definition) is 4. The van der Waals surface area contributed by atoms with E-state index >= 15 is 0 Å². The number of nitrogens with zero attached hydrogens (tertiary/aromatic N) is 2. The zero-order chi connectivity index (χ0) is 14.8. The summed E-state index contributed by atoms with van der Waals surface area (Å²) in [7, 11) is 0. The molecular formula is C16H25N3O2. The van der Waals surface area contributed by atoms with Gasteiger partial charge in [-0.2, -0.15) is 0 Å². The monoisotopic (exact) mass is 291 g/mol. The van der Waals surface area contributed by atoms with Crippen LogP contribution in [0, 0.1) is 13.8 Å². The van der Waals surface area contributed by atoms with Gasteiger partial charge in [-0.1, -0.05) is 5.16 Å². The van der Waals surface area contributed by atoms with E-state index in [4.69, 9.17) is 4.52 Å². The molecule has 116 valence electrons. The highest BCUT2D eigenvalue weighted by molar-refractivity contribution is 5.79. The molecule has 0 aliphatic carbocycles. The second-order valence-corrected chi connectivity index (χ2v) is 6.33. The number of likely N-dealkylation sites (tertiary alicyclic amines) is 1. The molecule has 1 aromatic heterocycles. The van der Waals surface area contributed by atoms with Gasteiger partial charge in [0.25, 0.3) is 0 Å². The van der Waals surface area contributed by atoms with Crippen molar-refractivity contribution in [3.63, 3.8) is 0 Å². The molecule has 2 aliphatic rings. The molecule has 5 nitrogen and oxygen atoms in total. The number of nitrogens with one attached hydrogen (secondary N) is 1. The van der Waals surface area contributed by atoms with Gasteiger partial charge in [-0.15, -0.1) is 0 Å². The van der Waals surface area contributed by atoms with Crippen LogP contribution in [0.15, 0.2) is 4.52 Å². The minimum Gasteiger partial charge on any atom is -0.361 e. The number of piperidine rings is 1. The Hall–Kier alpha value is -1.36. The summed E-state index contributed by atoms with van der Waals surface area (Å²) in [5.41, 5.74) is 1.80. The Morgan fingerprint density at radius 3 is 2.86 bits per heavy atom. The fraction of sp³-hybridized carbons (Fsp3) is 0.750. The molecule has 0 spiro atoms. The van der Waals surface area contributed by atoms with Gasteiger partial charge < -0.3 is 14.7 Å². The zero-order valence-corrected chi connectivity index (χ0v) is 13.0. The van der Waals surface area contributed by atoms with Crippen molar-refractivity contribution < 1.29 is 9.32 Å². The second kappa shape index (κ2) is 6.18. The molecule has 2 aliphatic heterocycles. The lowest BCUT2D eigenvalue weighted by Crippen LogP contribution is -2.53. The van der Waals surface area contributed by atoms with Crippen molar-refractivity contribution in [1.82, 2.24) is 15.4 Å². The summed E-state index contributed by atoms with van der Waals surface area (Å²) in [6.07, 6.45) is 6.33. The highest BCUT2D eigenvalue weighted by Crippen LogP contribution is 2.25. The minimum atomic E-state index is 0.225. The number of carbonyl (C=O) groups is 1. The van der Waals surface area contributed by atoms with Crippen LogP contribution >= 0.6 is 0 Å². The summed E-state index contributed by atoms with van der Waals surface area (Å²) in [6, 6.07) is 0.855. The Bertz CT molecular complexity index is 486. The van der Waals surface area contributed by atoms with Crippen molar-refractivity contribution in [2.24, 2.45) is 0 Å². The molecule has 1 amide bonds. The van der Waals surface area contributed by atoms with E-state index in [9.17, 15) is 4.79 Å². The Kier molecular flexibility index (Phi) is 4.29. The normalized spacial score (nSPS) is 26.3. The van der Waals surface area contributed by atoms with Crippen LogP contribution in [0.25, 0.3) is 0 Å². The van der Waals surface area contributed by atoms with Crippen molar-refractivity contribution in [2.45, 2.75) is 64.5 Å². The average molecular weight is 291 g/mol. The quantitative estimate of drug-likeness (QED) is 0.925. The van der Waals surface area contributed by atoms with Gasteiger partial charge in [0.05, 0.1) is 12.1 Å². The van der Waals surface area contributed by atoms with Gasteiger partial charge in [0.15, 0.2) is 0 Å². The standard InChI is InChI=1S/C16H25N3O2/c1-11-13(12(2)21-18-11)10-16(20)19-9-4-3-7-15(19)14-6-5-8-17-14/h14-15,17H,3-10H2,1-2H3.